The van der Waals surface area contributed by atoms with Gasteiger partial charge in [-0.1, -0.05) is 13.8 Å². The first kappa shape index (κ1) is 16.4. The molecule has 1 heterocycles. The highest BCUT2D eigenvalue weighted by molar-refractivity contribution is 5.79. The van der Waals surface area contributed by atoms with Crippen LogP contribution in [0.5, 0.6) is 0 Å². The van der Waals surface area contributed by atoms with Crippen LogP contribution >= 0.6 is 0 Å². The molecule has 1 rings (SSSR count). The van der Waals surface area contributed by atoms with Gasteiger partial charge >= 0.3 is 0 Å². The summed E-state index contributed by atoms with van der Waals surface area (Å²) in [5.41, 5.74) is 5.44. The Morgan fingerprint density at radius 2 is 2.16 bits per heavy atom. The van der Waals surface area contributed by atoms with Gasteiger partial charge < -0.3 is 20.9 Å². The third kappa shape index (κ3) is 5.09. The molecule has 0 bridgehead atoms. The summed E-state index contributed by atoms with van der Waals surface area (Å²) < 4.78 is 0. The lowest BCUT2D eigenvalue weighted by Crippen LogP contribution is -2.44. The number of nitrogens with one attached hydrogen (secondary N) is 1. The first-order valence-corrected chi connectivity index (χ1v) is 7.37. The van der Waals surface area contributed by atoms with E-state index in [-0.39, 0.29) is 11.9 Å². The van der Waals surface area contributed by atoms with Crippen LogP contribution < -0.4 is 11.1 Å². The third-order valence-electron chi connectivity index (χ3n) is 4.03. The number of nitrogens with two attached hydrogens (primary N) is 1. The second-order valence-electron chi connectivity index (χ2n) is 5.97. The molecule has 3 N–H and O–H groups in total. The maximum absolute atomic E-state index is 11.4. The molecule has 0 aromatic heterocycles. The minimum absolute atomic E-state index is 0.186. The van der Waals surface area contributed by atoms with Crippen LogP contribution in [0.1, 0.15) is 26.7 Å². The Kier molecular flexibility index (Phi) is 6.75. The van der Waals surface area contributed by atoms with E-state index in [4.69, 9.17) is 5.73 Å². The van der Waals surface area contributed by atoms with Gasteiger partial charge in [-0.3, -0.25) is 4.79 Å². The smallest absolute Gasteiger partial charge is 0.234 e. The van der Waals surface area contributed by atoms with Crippen LogP contribution in [0.3, 0.4) is 0 Å². The van der Waals surface area contributed by atoms with E-state index < -0.39 is 0 Å². The zero-order valence-corrected chi connectivity index (χ0v) is 12.9. The van der Waals surface area contributed by atoms with Crippen LogP contribution in [-0.2, 0) is 4.79 Å². The van der Waals surface area contributed by atoms with Gasteiger partial charge in [-0.15, -0.1) is 0 Å². The van der Waals surface area contributed by atoms with E-state index in [1.165, 1.54) is 0 Å². The summed E-state index contributed by atoms with van der Waals surface area (Å²) in [5, 5.41) is 3.23. The predicted molar refractivity (Wildman–Crippen MR) is 79.0 cm³/mol. The standard InChI is InChI=1S/C14H30N4O/c1-5-7-16-12(14(15)19)6-8-18-9-11(2)13(10-18)17(3)4/h11-13,16H,5-10H2,1-4H3,(H2,15,19). The van der Waals surface area contributed by atoms with Crippen molar-refractivity contribution in [2.45, 2.75) is 38.8 Å². The molecule has 0 aromatic carbocycles. The summed E-state index contributed by atoms with van der Waals surface area (Å²) in [6.45, 7) is 8.39. The van der Waals surface area contributed by atoms with Crippen LogP contribution in [-0.4, -0.2) is 68.1 Å². The lowest BCUT2D eigenvalue weighted by atomic mass is 10.1. The number of likely N-dealkylation sites (N-methyl/N-ethyl adjacent to an activating group) is 1. The van der Waals surface area contributed by atoms with Gasteiger partial charge in [0.15, 0.2) is 0 Å². The molecule has 3 atom stereocenters. The molecule has 0 radical (unpaired) electrons. The Labute approximate surface area is 117 Å². The van der Waals surface area contributed by atoms with E-state index in [1.54, 1.807) is 0 Å². The van der Waals surface area contributed by atoms with Crippen molar-refractivity contribution in [3.8, 4) is 0 Å². The van der Waals surface area contributed by atoms with Gasteiger partial charge in [0.2, 0.25) is 5.91 Å². The maximum Gasteiger partial charge on any atom is 0.234 e. The lowest BCUT2D eigenvalue weighted by molar-refractivity contribution is -0.120. The number of nitrogens with zero attached hydrogens (tertiary/aromatic N) is 2. The largest absolute Gasteiger partial charge is 0.368 e. The molecule has 0 saturated carbocycles. The first-order valence-electron chi connectivity index (χ1n) is 7.37. The first-order chi connectivity index (χ1) is 8.95. The normalized spacial score (nSPS) is 25.9. The summed E-state index contributed by atoms with van der Waals surface area (Å²) >= 11 is 0. The molecule has 3 unspecified atom stereocenters. The molecule has 1 fully saturated rings. The van der Waals surface area contributed by atoms with E-state index in [0.29, 0.717) is 12.0 Å². The predicted octanol–water partition coefficient (Wildman–Crippen LogP) is 0.112. The number of rotatable bonds is 8. The highest BCUT2D eigenvalue weighted by Gasteiger charge is 2.31. The summed E-state index contributed by atoms with van der Waals surface area (Å²) in [6, 6.07) is 0.435. The van der Waals surface area contributed by atoms with Crippen molar-refractivity contribution in [2.24, 2.45) is 11.7 Å². The van der Waals surface area contributed by atoms with Gasteiger partial charge in [-0.05, 0) is 39.4 Å². The van der Waals surface area contributed by atoms with E-state index in [0.717, 1.165) is 39.0 Å². The van der Waals surface area contributed by atoms with Crippen molar-refractivity contribution in [3.63, 3.8) is 0 Å². The van der Waals surface area contributed by atoms with Crippen molar-refractivity contribution < 1.29 is 4.79 Å². The Bertz CT molecular complexity index is 283. The minimum atomic E-state index is -0.232. The van der Waals surface area contributed by atoms with Crippen molar-refractivity contribution in [3.05, 3.63) is 0 Å². The summed E-state index contributed by atoms with van der Waals surface area (Å²) in [5.74, 6) is 0.454. The van der Waals surface area contributed by atoms with E-state index in [9.17, 15) is 4.79 Å². The zero-order chi connectivity index (χ0) is 14.4. The molecular weight excluding hydrogens is 240 g/mol. The Morgan fingerprint density at radius 3 is 2.63 bits per heavy atom. The summed E-state index contributed by atoms with van der Waals surface area (Å²) in [4.78, 5) is 16.1. The summed E-state index contributed by atoms with van der Waals surface area (Å²) in [6.07, 6.45) is 1.83. The highest BCUT2D eigenvalue weighted by atomic mass is 16.1. The van der Waals surface area contributed by atoms with Gasteiger partial charge in [0.25, 0.3) is 0 Å². The molecule has 0 spiro atoms. The molecule has 112 valence electrons. The molecular formula is C14H30N4O. The van der Waals surface area contributed by atoms with E-state index in [2.05, 4.69) is 43.1 Å². The average Bonchev–Trinajstić information content (AvgIpc) is 2.70. The lowest BCUT2D eigenvalue weighted by Gasteiger charge is -2.23. The van der Waals surface area contributed by atoms with Crippen LogP contribution in [0, 0.1) is 5.92 Å². The quantitative estimate of drug-likeness (QED) is 0.657. The molecule has 1 saturated heterocycles. The molecule has 19 heavy (non-hydrogen) atoms. The molecule has 1 aliphatic heterocycles. The molecule has 5 heteroatoms. The van der Waals surface area contributed by atoms with Gasteiger partial charge in [-0.25, -0.2) is 0 Å². The second kappa shape index (κ2) is 7.82. The fraction of sp³-hybridized carbons (Fsp3) is 0.929. The molecule has 0 aliphatic carbocycles. The van der Waals surface area contributed by atoms with Gasteiger partial charge in [0.1, 0.15) is 0 Å². The topological polar surface area (TPSA) is 61.6 Å². The number of hydrogen-bond donors (Lipinski definition) is 2. The minimum Gasteiger partial charge on any atom is -0.368 e. The zero-order valence-electron chi connectivity index (χ0n) is 12.9. The van der Waals surface area contributed by atoms with Crippen molar-refractivity contribution in [1.29, 1.82) is 0 Å². The molecule has 1 amide bonds. The SMILES string of the molecule is CCCNC(CCN1CC(C)C(N(C)C)C1)C(N)=O. The van der Waals surface area contributed by atoms with Gasteiger partial charge in [-0.2, -0.15) is 0 Å². The monoisotopic (exact) mass is 270 g/mol. The molecule has 1 aliphatic rings. The van der Waals surface area contributed by atoms with E-state index >= 15 is 0 Å². The van der Waals surface area contributed by atoms with Crippen molar-refractivity contribution in [2.75, 3.05) is 40.3 Å². The van der Waals surface area contributed by atoms with Gasteiger partial charge in [0.05, 0.1) is 6.04 Å². The highest BCUT2D eigenvalue weighted by Crippen LogP contribution is 2.20. The van der Waals surface area contributed by atoms with Gasteiger partial charge in [0, 0.05) is 25.7 Å². The third-order valence-corrected chi connectivity index (χ3v) is 4.03. The fourth-order valence-electron chi connectivity index (χ4n) is 2.88. The second-order valence-corrected chi connectivity index (χ2v) is 5.97. The Hall–Kier alpha value is -0.650. The van der Waals surface area contributed by atoms with Crippen molar-refractivity contribution >= 4 is 5.91 Å². The van der Waals surface area contributed by atoms with Crippen LogP contribution in [0.4, 0.5) is 0 Å². The molecule has 5 nitrogen and oxygen atoms in total. The average molecular weight is 270 g/mol. The van der Waals surface area contributed by atoms with E-state index in [1.807, 2.05) is 0 Å². The summed E-state index contributed by atoms with van der Waals surface area (Å²) in [7, 11) is 4.28. The fourth-order valence-corrected chi connectivity index (χ4v) is 2.88. The number of amides is 1. The number of likely N-dealkylation sites (tertiary alicyclic amines) is 1. The Balaban J connectivity index is 2.37. The number of primary amides is 1. The number of hydrogen-bond acceptors (Lipinski definition) is 4. The number of carbonyl (C=O) groups is 1. The van der Waals surface area contributed by atoms with Crippen LogP contribution in [0.25, 0.3) is 0 Å². The van der Waals surface area contributed by atoms with Crippen LogP contribution in [0.15, 0.2) is 0 Å². The van der Waals surface area contributed by atoms with Crippen molar-refractivity contribution in [1.82, 2.24) is 15.1 Å². The maximum atomic E-state index is 11.4. The molecule has 0 aromatic rings. The van der Waals surface area contributed by atoms with Crippen LogP contribution in [0.2, 0.25) is 0 Å². The Morgan fingerprint density at radius 1 is 1.47 bits per heavy atom. The number of carbonyl (C=O) groups excluding carboxylic acids is 1.